The van der Waals surface area contributed by atoms with Gasteiger partial charge in [0.05, 0.1) is 5.56 Å². The molecule has 174 valence electrons. The maximum Gasteiger partial charge on any atom is 0.335 e. The summed E-state index contributed by atoms with van der Waals surface area (Å²) >= 11 is 0. The first-order chi connectivity index (χ1) is 16.5. The van der Waals surface area contributed by atoms with Crippen LogP contribution >= 0.6 is 0 Å². The number of allylic oxidation sites excluding steroid dienone is 4. The van der Waals surface area contributed by atoms with Crippen LogP contribution < -0.4 is 4.74 Å². The third-order valence-electron chi connectivity index (χ3n) is 7.07. The monoisotopic (exact) mass is 457 g/mol. The molecular weight excluding hydrogens is 430 g/mol. The van der Waals surface area contributed by atoms with Gasteiger partial charge in [0.25, 0.3) is 0 Å². The number of carboxylic acid groups (broad SMARTS) is 1. The Kier molecular flexibility index (Phi) is 5.82. The summed E-state index contributed by atoms with van der Waals surface area (Å²) in [7, 11) is 1.99. The van der Waals surface area contributed by atoms with Crippen LogP contribution in [0.15, 0.2) is 71.1 Å². The van der Waals surface area contributed by atoms with Crippen LogP contribution in [-0.2, 0) is 16.2 Å². The standard InChI is InChI=1S/C28H27NO5/c1-29-20-7-4-9-22(30)26(20)25(27-21(29)8-5-10-23(27)31)19-6-2-3-11-24(19)34-16-17-12-14-18(15-13-17)28(32)33/h2-3,6,11-15,25H,4-5,7-10,16H2,1H3,(H,32,33). The first kappa shape index (κ1) is 22.1. The van der Waals surface area contributed by atoms with Crippen molar-refractivity contribution in [2.45, 2.75) is 51.0 Å². The van der Waals surface area contributed by atoms with Crippen LogP contribution in [0.25, 0.3) is 0 Å². The normalized spacial score (nSPS) is 18.7. The molecule has 2 aromatic carbocycles. The Morgan fingerprint density at radius 3 is 2.09 bits per heavy atom. The van der Waals surface area contributed by atoms with Gasteiger partial charge < -0.3 is 14.7 Å². The van der Waals surface area contributed by atoms with E-state index in [0.29, 0.717) is 18.6 Å². The molecule has 2 aromatic rings. The van der Waals surface area contributed by atoms with Crippen molar-refractivity contribution in [3.8, 4) is 5.75 Å². The van der Waals surface area contributed by atoms with Gasteiger partial charge in [0.15, 0.2) is 11.6 Å². The van der Waals surface area contributed by atoms with E-state index in [0.717, 1.165) is 59.4 Å². The van der Waals surface area contributed by atoms with E-state index in [2.05, 4.69) is 4.90 Å². The number of para-hydroxylation sites is 1. The molecule has 0 unspecified atom stereocenters. The Balaban J connectivity index is 1.54. The molecule has 1 aliphatic heterocycles. The Bertz CT molecular complexity index is 1190. The Labute approximate surface area is 198 Å². The molecule has 6 nitrogen and oxygen atoms in total. The van der Waals surface area contributed by atoms with Gasteiger partial charge in [-0.3, -0.25) is 9.59 Å². The van der Waals surface area contributed by atoms with Crippen molar-refractivity contribution in [2.75, 3.05) is 7.05 Å². The molecule has 34 heavy (non-hydrogen) atoms. The van der Waals surface area contributed by atoms with Gasteiger partial charge in [0.1, 0.15) is 12.4 Å². The number of benzene rings is 2. The predicted octanol–water partition coefficient (Wildman–Crippen LogP) is 5.01. The third kappa shape index (κ3) is 3.83. The van der Waals surface area contributed by atoms with Crippen LogP contribution in [0.1, 0.15) is 65.9 Å². The van der Waals surface area contributed by atoms with Gasteiger partial charge in [-0.2, -0.15) is 0 Å². The maximum atomic E-state index is 13.2. The predicted molar refractivity (Wildman–Crippen MR) is 126 cm³/mol. The number of hydrogen-bond donors (Lipinski definition) is 1. The lowest BCUT2D eigenvalue weighted by molar-refractivity contribution is -0.117. The van der Waals surface area contributed by atoms with Crippen molar-refractivity contribution in [3.05, 3.63) is 87.8 Å². The van der Waals surface area contributed by atoms with E-state index in [1.54, 1.807) is 24.3 Å². The zero-order chi connectivity index (χ0) is 23.8. The van der Waals surface area contributed by atoms with E-state index in [1.807, 2.05) is 31.3 Å². The number of carbonyl (C=O) groups excluding carboxylic acids is 2. The van der Waals surface area contributed by atoms with E-state index in [9.17, 15) is 14.4 Å². The lowest BCUT2D eigenvalue weighted by Gasteiger charge is -2.42. The summed E-state index contributed by atoms with van der Waals surface area (Å²) in [5.41, 5.74) is 5.45. The van der Waals surface area contributed by atoms with Crippen LogP contribution in [-0.4, -0.2) is 34.6 Å². The highest BCUT2D eigenvalue weighted by Crippen LogP contribution is 2.50. The fourth-order valence-corrected chi connectivity index (χ4v) is 5.42. The fourth-order valence-electron chi connectivity index (χ4n) is 5.42. The molecule has 1 heterocycles. The van der Waals surface area contributed by atoms with Crippen molar-refractivity contribution in [2.24, 2.45) is 0 Å². The van der Waals surface area contributed by atoms with Gasteiger partial charge >= 0.3 is 5.97 Å². The second kappa shape index (κ2) is 8.93. The minimum atomic E-state index is -0.970. The largest absolute Gasteiger partial charge is 0.489 e. The second-order valence-corrected chi connectivity index (χ2v) is 9.09. The van der Waals surface area contributed by atoms with Gasteiger partial charge in [-0.25, -0.2) is 4.79 Å². The average Bonchev–Trinajstić information content (AvgIpc) is 2.84. The van der Waals surface area contributed by atoms with E-state index in [1.165, 1.54) is 0 Å². The van der Waals surface area contributed by atoms with Crippen LogP contribution in [0.2, 0.25) is 0 Å². The molecule has 0 atom stereocenters. The first-order valence-electron chi connectivity index (χ1n) is 11.8. The fraction of sp³-hybridized carbons (Fsp3) is 0.321. The van der Waals surface area contributed by atoms with Gasteiger partial charge in [-0.15, -0.1) is 0 Å². The quantitative estimate of drug-likeness (QED) is 0.680. The van der Waals surface area contributed by atoms with Crippen molar-refractivity contribution >= 4 is 17.5 Å². The van der Waals surface area contributed by atoms with E-state index < -0.39 is 11.9 Å². The van der Waals surface area contributed by atoms with Crippen molar-refractivity contribution in [3.63, 3.8) is 0 Å². The highest BCUT2D eigenvalue weighted by Gasteiger charge is 2.43. The summed E-state index contributed by atoms with van der Waals surface area (Å²) in [6.45, 7) is 0.253. The summed E-state index contributed by atoms with van der Waals surface area (Å²) in [6.07, 6.45) is 4.32. The van der Waals surface area contributed by atoms with Crippen molar-refractivity contribution in [1.29, 1.82) is 0 Å². The molecule has 2 aliphatic carbocycles. The summed E-state index contributed by atoms with van der Waals surface area (Å²) < 4.78 is 6.20. The number of rotatable bonds is 5. The molecule has 1 N–H and O–H groups in total. The molecule has 6 heteroatoms. The van der Waals surface area contributed by atoms with Crippen LogP contribution in [0.3, 0.4) is 0 Å². The number of nitrogens with zero attached hydrogens (tertiary/aromatic N) is 1. The smallest absolute Gasteiger partial charge is 0.335 e. The first-order valence-corrected chi connectivity index (χ1v) is 11.8. The highest BCUT2D eigenvalue weighted by atomic mass is 16.5. The van der Waals surface area contributed by atoms with Gasteiger partial charge in [-0.05, 0) is 49.4 Å². The molecule has 0 aromatic heterocycles. The number of hydrogen-bond acceptors (Lipinski definition) is 5. The van der Waals surface area contributed by atoms with Gasteiger partial charge in [0, 0.05) is 53.9 Å². The SMILES string of the molecule is CN1C2=C(C(=O)CCC2)C(c2ccccc2OCc2ccc(C(=O)O)cc2)C2=C1CCCC2=O. The highest BCUT2D eigenvalue weighted by molar-refractivity contribution is 6.06. The summed E-state index contributed by atoms with van der Waals surface area (Å²) in [6, 6.07) is 14.2. The molecule has 0 bridgehead atoms. The summed E-state index contributed by atoms with van der Waals surface area (Å²) in [4.78, 5) is 39.6. The lowest BCUT2D eigenvalue weighted by Crippen LogP contribution is -2.37. The zero-order valence-corrected chi connectivity index (χ0v) is 19.2. The number of carboxylic acids is 1. The molecule has 0 radical (unpaired) electrons. The minimum Gasteiger partial charge on any atom is -0.489 e. The number of carbonyl (C=O) groups is 3. The molecule has 3 aliphatic rings. The van der Waals surface area contributed by atoms with E-state index in [-0.39, 0.29) is 23.7 Å². The number of ketones is 2. The van der Waals surface area contributed by atoms with Crippen molar-refractivity contribution < 1.29 is 24.2 Å². The van der Waals surface area contributed by atoms with E-state index >= 15 is 0 Å². The number of Topliss-reactive ketones (excluding diaryl/α,β-unsaturated/α-hetero) is 2. The Morgan fingerprint density at radius 1 is 0.912 bits per heavy atom. The second-order valence-electron chi connectivity index (χ2n) is 9.09. The molecular formula is C28H27NO5. The molecule has 0 saturated heterocycles. The van der Waals surface area contributed by atoms with E-state index in [4.69, 9.17) is 9.84 Å². The number of aromatic carboxylic acids is 1. The third-order valence-corrected chi connectivity index (χ3v) is 7.07. The topological polar surface area (TPSA) is 83.9 Å². The minimum absolute atomic E-state index is 0.113. The number of ether oxygens (including phenoxy) is 1. The molecule has 0 amide bonds. The van der Waals surface area contributed by atoms with Gasteiger partial charge in [-0.1, -0.05) is 30.3 Å². The maximum absolute atomic E-state index is 13.2. The summed E-state index contributed by atoms with van der Waals surface area (Å²) in [5, 5.41) is 9.12. The average molecular weight is 458 g/mol. The molecule has 5 rings (SSSR count). The lowest BCUT2D eigenvalue weighted by atomic mass is 9.71. The zero-order valence-electron chi connectivity index (χ0n) is 19.2. The summed E-state index contributed by atoms with van der Waals surface area (Å²) in [5.74, 6) is -0.520. The van der Waals surface area contributed by atoms with Gasteiger partial charge in [0.2, 0.25) is 0 Å². The Morgan fingerprint density at radius 2 is 1.50 bits per heavy atom. The Hall–Kier alpha value is -3.67. The van der Waals surface area contributed by atoms with Crippen LogP contribution in [0, 0.1) is 0 Å². The van der Waals surface area contributed by atoms with Crippen molar-refractivity contribution in [1.82, 2.24) is 4.90 Å². The molecule has 0 saturated carbocycles. The molecule has 0 spiro atoms. The van der Waals surface area contributed by atoms with Crippen LogP contribution in [0.5, 0.6) is 5.75 Å². The van der Waals surface area contributed by atoms with Crippen LogP contribution in [0.4, 0.5) is 0 Å². The molecule has 0 fully saturated rings.